The second-order valence-corrected chi connectivity index (χ2v) is 5.76. The summed E-state index contributed by atoms with van der Waals surface area (Å²) in [6, 6.07) is 0. The van der Waals surface area contributed by atoms with Crippen LogP contribution in [0, 0.1) is 0 Å². The molecule has 0 rings (SSSR count). The van der Waals surface area contributed by atoms with Gasteiger partial charge in [-0.3, -0.25) is 14.4 Å². The molecule has 6 nitrogen and oxygen atoms in total. The summed E-state index contributed by atoms with van der Waals surface area (Å²) < 4.78 is 0. The van der Waals surface area contributed by atoms with Crippen LogP contribution in [0.4, 0.5) is 0 Å². The maximum Gasteiger partial charge on any atom is 0.237 e. The highest BCUT2D eigenvalue weighted by molar-refractivity contribution is 5.87. The third kappa shape index (κ3) is 12.2. The van der Waals surface area contributed by atoms with Crippen LogP contribution in [-0.4, -0.2) is 35.7 Å². The monoisotopic (exact) mass is 313 g/mol. The van der Waals surface area contributed by atoms with E-state index in [0.29, 0.717) is 6.42 Å². The van der Waals surface area contributed by atoms with E-state index in [1.165, 1.54) is 38.5 Å². The average Bonchev–Trinajstić information content (AvgIpc) is 2.43. The van der Waals surface area contributed by atoms with Crippen molar-refractivity contribution >= 4 is 17.7 Å². The van der Waals surface area contributed by atoms with Crippen molar-refractivity contribution in [1.29, 1.82) is 0 Å². The highest BCUT2D eigenvalue weighted by Crippen LogP contribution is 2.11. The fourth-order valence-electron chi connectivity index (χ4n) is 2.35. The van der Waals surface area contributed by atoms with Crippen molar-refractivity contribution in [2.45, 2.75) is 71.1 Å². The smallest absolute Gasteiger partial charge is 0.237 e. The lowest BCUT2D eigenvalue weighted by Gasteiger charge is -2.19. The van der Waals surface area contributed by atoms with Crippen LogP contribution >= 0.6 is 0 Å². The molecule has 22 heavy (non-hydrogen) atoms. The van der Waals surface area contributed by atoms with Gasteiger partial charge in [0.1, 0.15) is 0 Å². The molecule has 6 heteroatoms. The maximum absolute atomic E-state index is 11.9. The van der Waals surface area contributed by atoms with Crippen LogP contribution in [0.15, 0.2) is 0 Å². The molecule has 0 bridgehead atoms. The summed E-state index contributed by atoms with van der Waals surface area (Å²) in [6.45, 7) is 1.70. The molecule has 0 aromatic heterocycles. The van der Waals surface area contributed by atoms with Gasteiger partial charge in [-0.15, -0.1) is 0 Å². The Morgan fingerprint density at radius 2 is 1.14 bits per heavy atom. The summed E-state index contributed by atoms with van der Waals surface area (Å²) >= 11 is 0. The second kappa shape index (κ2) is 13.1. The molecule has 0 fully saturated rings. The van der Waals surface area contributed by atoms with Crippen molar-refractivity contribution < 1.29 is 14.4 Å². The number of carbonyl (C=O) groups excluding carboxylic acids is 3. The lowest BCUT2D eigenvalue weighted by Crippen LogP contribution is -2.43. The number of primary amides is 2. The molecule has 4 N–H and O–H groups in total. The molecule has 0 aromatic rings. The Bertz CT molecular complexity index is 330. The first-order valence-electron chi connectivity index (χ1n) is 8.31. The third-order valence-corrected chi connectivity index (χ3v) is 3.54. The van der Waals surface area contributed by atoms with E-state index < -0.39 is 11.8 Å². The summed E-state index contributed by atoms with van der Waals surface area (Å²) in [5.41, 5.74) is 10.1. The summed E-state index contributed by atoms with van der Waals surface area (Å²) in [6.07, 6.45) is 10.8. The second-order valence-electron chi connectivity index (χ2n) is 5.76. The molecule has 0 radical (unpaired) electrons. The zero-order chi connectivity index (χ0) is 16.8. The summed E-state index contributed by atoms with van der Waals surface area (Å²) in [4.78, 5) is 34.9. The van der Waals surface area contributed by atoms with E-state index in [-0.39, 0.29) is 19.0 Å². The molecule has 0 aromatic carbocycles. The third-order valence-electron chi connectivity index (χ3n) is 3.54. The first-order chi connectivity index (χ1) is 10.5. The van der Waals surface area contributed by atoms with E-state index in [1.54, 1.807) is 0 Å². The van der Waals surface area contributed by atoms with E-state index in [9.17, 15) is 14.4 Å². The molecule has 3 amide bonds. The molecular weight excluding hydrogens is 282 g/mol. The highest BCUT2D eigenvalue weighted by Gasteiger charge is 2.17. The van der Waals surface area contributed by atoms with Crippen molar-refractivity contribution in [3.63, 3.8) is 0 Å². The van der Waals surface area contributed by atoms with Gasteiger partial charge < -0.3 is 16.4 Å². The minimum Gasteiger partial charge on any atom is -0.368 e. The fourth-order valence-corrected chi connectivity index (χ4v) is 2.35. The van der Waals surface area contributed by atoms with Crippen LogP contribution in [0.5, 0.6) is 0 Å². The van der Waals surface area contributed by atoms with E-state index in [2.05, 4.69) is 6.92 Å². The van der Waals surface area contributed by atoms with Crippen LogP contribution in [0.25, 0.3) is 0 Å². The van der Waals surface area contributed by atoms with Crippen molar-refractivity contribution in [1.82, 2.24) is 4.90 Å². The zero-order valence-electron chi connectivity index (χ0n) is 13.8. The number of nitrogens with zero attached hydrogens (tertiary/aromatic N) is 1. The number of carbonyl (C=O) groups is 3. The van der Waals surface area contributed by atoms with Gasteiger partial charge in [0.15, 0.2) is 0 Å². The van der Waals surface area contributed by atoms with Crippen LogP contribution in [0.2, 0.25) is 0 Å². The number of hydrogen-bond acceptors (Lipinski definition) is 3. The highest BCUT2D eigenvalue weighted by atomic mass is 16.2. The Hall–Kier alpha value is -1.59. The molecule has 0 aliphatic rings. The quantitative estimate of drug-likeness (QED) is 0.477. The van der Waals surface area contributed by atoms with Crippen molar-refractivity contribution in [2.24, 2.45) is 11.5 Å². The molecule has 0 saturated carbocycles. The topological polar surface area (TPSA) is 106 Å². The van der Waals surface area contributed by atoms with Gasteiger partial charge in [0.2, 0.25) is 17.7 Å². The van der Waals surface area contributed by atoms with Crippen molar-refractivity contribution in [2.75, 3.05) is 13.1 Å². The first kappa shape index (κ1) is 20.4. The molecule has 0 heterocycles. The van der Waals surface area contributed by atoms with Gasteiger partial charge in [-0.25, -0.2) is 0 Å². The summed E-state index contributed by atoms with van der Waals surface area (Å²) in [5.74, 6) is -1.51. The Morgan fingerprint density at radius 1 is 0.727 bits per heavy atom. The number of unbranched alkanes of at least 4 members (excludes halogenated alkanes) is 8. The maximum atomic E-state index is 11.9. The lowest BCUT2D eigenvalue weighted by molar-refractivity contribution is -0.138. The van der Waals surface area contributed by atoms with Gasteiger partial charge in [-0.2, -0.15) is 0 Å². The number of rotatable bonds is 14. The molecule has 0 aliphatic carbocycles. The van der Waals surface area contributed by atoms with E-state index in [1.807, 2.05) is 0 Å². The minimum absolute atomic E-state index is 0.236. The van der Waals surface area contributed by atoms with Gasteiger partial charge in [0, 0.05) is 6.42 Å². The Morgan fingerprint density at radius 3 is 1.55 bits per heavy atom. The van der Waals surface area contributed by atoms with Crippen LogP contribution in [-0.2, 0) is 14.4 Å². The van der Waals surface area contributed by atoms with Gasteiger partial charge in [0.25, 0.3) is 0 Å². The van der Waals surface area contributed by atoms with E-state index >= 15 is 0 Å². The largest absolute Gasteiger partial charge is 0.368 e. The molecule has 0 saturated heterocycles. The summed E-state index contributed by atoms with van der Waals surface area (Å²) in [7, 11) is 0. The van der Waals surface area contributed by atoms with Gasteiger partial charge in [-0.05, 0) is 6.42 Å². The molecule has 128 valence electrons. The Kier molecular flexibility index (Phi) is 12.2. The van der Waals surface area contributed by atoms with Crippen molar-refractivity contribution in [3.05, 3.63) is 0 Å². The Labute approximate surface area is 133 Å². The van der Waals surface area contributed by atoms with Gasteiger partial charge >= 0.3 is 0 Å². The normalized spacial score (nSPS) is 10.4. The average molecular weight is 313 g/mol. The molecular formula is C16H31N3O3. The zero-order valence-corrected chi connectivity index (χ0v) is 13.8. The first-order valence-corrected chi connectivity index (χ1v) is 8.31. The number of hydrogen-bond donors (Lipinski definition) is 2. The summed E-state index contributed by atoms with van der Waals surface area (Å²) in [5, 5.41) is 0. The fraction of sp³-hybridized carbons (Fsp3) is 0.812. The lowest BCUT2D eigenvalue weighted by atomic mass is 10.1. The van der Waals surface area contributed by atoms with Crippen molar-refractivity contribution in [3.8, 4) is 0 Å². The molecule has 0 aliphatic heterocycles. The predicted molar refractivity (Wildman–Crippen MR) is 86.8 cm³/mol. The van der Waals surface area contributed by atoms with E-state index in [0.717, 1.165) is 24.2 Å². The van der Waals surface area contributed by atoms with Gasteiger partial charge in [0.05, 0.1) is 13.1 Å². The molecule has 0 unspecified atom stereocenters. The van der Waals surface area contributed by atoms with Gasteiger partial charge in [-0.1, -0.05) is 58.3 Å². The minimum atomic E-state index is -0.637. The number of amides is 3. The standard InChI is InChI=1S/C16H31N3O3/c1-2-3-4-5-6-7-8-9-10-11-16(22)19(12-14(17)20)13-15(18)21/h2-13H2,1H3,(H2,17,20)(H2,18,21). The van der Waals surface area contributed by atoms with Crippen LogP contribution in [0.1, 0.15) is 71.1 Å². The Balaban J connectivity index is 3.75. The van der Waals surface area contributed by atoms with Crippen LogP contribution < -0.4 is 11.5 Å². The SMILES string of the molecule is CCCCCCCCCCCC(=O)N(CC(N)=O)CC(N)=O. The molecule has 0 atom stereocenters. The van der Waals surface area contributed by atoms with E-state index in [4.69, 9.17) is 11.5 Å². The van der Waals surface area contributed by atoms with Crippen LogP contribution in [0.3, 0.4) is 0 Å². The number of nitrogens with two attached hydrogens (primary N) is 2. The molecule has 0 spiro atoms. The predicted octanol–water partition coefficient (Wildman–Crippen LogP) is 1.71.